The van der Waals surface area contributed by atoms with E-state index in [9.17, 15) is 0 Å². The van der Waals surface area contributed by atoms with E-state index >= 15 is 0 Å². The third-order valence-corrected chi connectivity index (χ3v) is 3.18. The number of benzene rings is 1. The lowest BCUT2D eigenvalue weighted by molar-refractivity contribution is 0.360. The van der Waals surface area contributed by atoms with Gasteiger partial charge < -0.3 is 9.47 Å². The standard InChI is InChI=1S/C13H16O2/c1-8-9(2)13(15-4)12-10(8)6-5-7-11(12)14-3/h5-8H,1-4H3. The van der Waals surface area contributed by atoms with E-state index in [-0.39, 0.29) is 0 Å². The van der Waals surface area contributed by atoms with Crippen molar-refractivity contribution in [3.63, 3.8) is 0 Å². The second-order valence-corrected chi connectivity index (χ2v) is 3.86. The molecule has 2 nitrogen and oxygen atoms in total. The molecule has 15 heavy (non-hydrogen) atoms. The monoisotopic (exact) mass is 204 g/mol. The van der Waals surface area contributed by atoms with E-state index in [0.29, 0.717) is 5.92 Å². The molecular weight excluding hydrogens is 188 g/mol. The van der Waals surface area contributed by atoms with Crippen LogP contribution in [-0.4, -0.2) is 14.2 Å². The van der Waals surface area contributed by atoms with Crippen LogP contribution >= 0.6 is 0 Å². The Bertz CT molecular complexity index is 419. The second-order valence-electron chi connectivity index (χ2n) is 3.86. The molecule has 0 heterocycles. The first-order chi connectivity index (χ1) is 7.20. The lowest BCUT2D eigenvalue weighted by Gasteiger charge is -2.10. The molecule has 0 radical (unpaired) electrons. The van der Waals surface area contributed by atoms with Crippen LogP contribution < -0.4 is 4.74 Å². The van der Waals surface area contributed by atoms with Crippen LogP contribution in [0.15, 0.2) is 23.8 Å². The predicted octanol–water partition coefficient (Wildman–Crippen LogP) is 3.19. The number of allylic oxidation sites excluding steroid dienone is 1. The smallest absolute Gasteiger partial charge is 0.130 e. The van der Waals surface area contributed by atoms with E-state index in [1.807, 2.05) is 12.1 Å². The molecule has 0 fully saturated rings. The van der Waals surface area contributed by atoms with E-state index in [4.69, 9.17) is 9.47 Å². The van der Waals surface area contributed by atoms with Gasteiger partial charge in [0.05, 0.1) is 19.8 Å². The molecule has 0 amide bonds. The summed E-state index contributed by atoms with van der Waals surface area (Å²) in [5, 5.41) is 0. The molecule has 0 N–H and O–H groups in total. The molecule has 0 saturated carbocycles. The Morgan fingerprint density at radius 1 is 1.13 bits per heavy atom. The van der Waals surface area contributed by atoms with Gasteiger partial charge in [-0.05, 0) is 24.1 Å². The highest BCUT2D eigenvalue weighted by Gasteiger charge is 2.29. The molecule has 1 aliphatic carbocycles. The first kappa shape index (κ1) is 10.1. The summed E-state index contributed by atoms with van der Waals surface area (Å²) < 4.78 is 10.8. The van der Waals surface area contributed by atoms with E-state index < -0.39 is 0 Å². The third kappa shape index (κ3) is 1.32. The van der Waals surface area contributed by atoms with E-state index in [2.05, 4.69) is 19.9 Å². The van der Waals surface area contributed by atoms with Gasteiger partial charge in [-0.3, -0.25) is 0 Å². The van der Waals surface area contributed by atoms with Crippen LogP contribution in [0.1, 0.15) is 30.9 Å². The summed E-state index contributed by atoms with van der Waals surface area (Å²) in [5.74, 6) is 2.29. The minimum absolute atomic E-state index is 0.421. The van der Waals surface area contributed by atoms with Crippen LogP contribution in [0.5, 0.6) is 5.75 Å². The molecule has 0 aromatic heterocycles. The summed E-state index contributed by atoms with van der Waals surface area (Å²) >= 11 is 0. The van der Waals surface area contributed by atoms with Gasteiger partial charge in [0, 0.05) is 5.92 Å². The summed E-state index contributed by atoms with van der Waals surface area (Å²) in [4.78, 5) is 0. The van der Waals surface area contributed by atoms with Crippen molar-refractivity contribution >= 4 is 5.76 Å². The van der Waals surface area contributed by atoms with Gasteiger partial charge in [-0.1, -0.05) is 19.1 Å². The summed E-state index contributed by atoms with van der Waals surface area (Å²) in [6, 6.07) is 6.14. The Kier molecular flexibility index (Phi) is 2.43. The summed E-state index contributed by atoms with van der Waals surface area (Å²) in [5.41, 5.74) is 3.69. The number of rotatable bonds is 2. The maximum atomic E-state index is 5.46. The summed E-state index contributed by atoms with van der Waals surface area (Å²) in [6.07, 6.45) is 0. The van der Waals surface area contributed by atoms with Gasteiger partial charge >= 0.3 is 0 Å². The lowest BCUT2D eigenvalue weighted by Crippen LogP contribution is -1.94. The molecule has 1 aromatic carbocycles. The quantitative estimate of drug-likeness (QED) is 0.736. The molecule has 0 bridgehead atoms. The van der Waals surface area contributed by atoms with Crippen LogP contribution in [-0.2, 0) is 4.74 Å². The number of hydrogen-bond donors (Lipinski definition) is 0. The van der Waals surface area contributed by atoms with Crippen molar-refractivity contribution in [2.75, 3.05) is 14.2 Å². The number of methoxy groups -OCH3 is 2. The number of ether oxygens (including phenoxy) is 2. The van der Waals surface area contributed by atoms with E-state index in [1.165, 1.54) is 11.1 Å². The highest BCUT2D eigenvalue weighted by Crippen LogP contribution is 2.45. The average Bonchev–Trinajstić information content (AvgIpc) is 2.52. The van der Waals surface area contributed by atoms with Crippen LogP contribution in [0.3, 0.4) is 0 Å². The Hall–Kier alpha value is -1.44. The Morgan fingerprint density at radius 3 is 2.47 bits per heavy atom. The molecule has 2 rings (SSSR count). The van der Waals surface area contributed by atoms with Crippen LogP contribution in [0.2, 0.25) is 0 Å². The molecule has 0 aliphatic heterocycles. The fraction of sp³-hybridized carbons (Fsp3) is 0.385. The lowest BCUT2D eigenvalue weighted by atomic mass is 9.99. The number of fused-ring (bicyclic) bond motifs is 1. The fourth-order valence-electron chi connectivity index (χ4n) is 2.21. The van der Waals surface area contributed by atoms with E-state index in [0.717, 1.165) is 17.1 Å². The van der Waals surface area contributed by atoms with E-state index in [1.54, 1.807) is 14.2 Å². The molecular formula is C13H16O2. The van der Waals surface area contributed by atoms with Crippen molar-refractivity contribution in [3.8, 4) is 5.75 Å². The van der Waals surface area contributed by atoms with Gasteiger partial charge in [0.15, 0.2) is 0 Å². The maximum absolute atomic E-state index is 5.46. The zero-order chi connectivity index (χ0) is 11.0. The third-order valence-electron chi connectivity index (χ3n) is 3.18. The molecule has 1 aromatic rings. The van der Waals surface area contributed by atoms with Crippen molar-refractivity contribution in [2.24, 2.45) is 0 Å². The fourth-order valence-corrected chi connectivity index (χ4v) is 2.21. The van der Waals surface area contributed by atoms with Crippen molar-refractivity contribution < 1.29 is 9.47 Å². The zero-order valence-corrected chi connectivity index (χ0v) is 9.63. The first-order valence-electron chi connectivity index (χ1n) is 5.12. The maximum Gasteiger partial charge on any atom is 0.130 e. The van der Waals surface area contributed by atoms with Gasteiger partial charge in [0.25, 0.3) is 0 Å². The highest BCUT2D eigenvalue weighted by atomic mass is 16.5. The average molecular weight is 204 g/mol. The molecule has 80 valence electrons. The van der Waals surface area contributed by atoms with Crippen molar-refractivity contribution in [3.05, 3.63) is 34.9 Å². The van der Waals surface area contributed by atoms with Crippen LogP contribution in [0.25, 0.3) is 5.76 Å². The molecule has 2 heteroatoms. The first-order valence-corrected chi connectivity index (χ1v) is 5.12. The van der Waals surface area contributed by atoms with Gasteiger partial charge in [0.1, 0.15) is 11.5 Å². The second kappa shape index (κ2) is 3.61. The van der Waals surface area contributed by atoms with Crippen molar-refractivity contribution in [1.82, 2.24) is 0 Å². The number of hydrogen-bond acceptors (Lipinski definition) is 2. The predicted molar refractivity (Wildman–Crippen MR) is 61.0 cm³/mol. The SMILES string of the molecule is COC1=C(C)C(C)c2cccc(OC)c21. The molecule has 1 atom stereocenters. The minimum Gasteiger partial charge on any atom is -0.496 e. The zero-order valence-electron chi connectivity index (χ0n) is 9.63. The van der Waals surface area contributed by atoms with Crippen LogP contribution in [0.4, 0.5) is 0 Å². The Morgan fingerprint density at radius 2 is 1.87 bits per heavy atom. The molecule has 0 spiro atoms. The molecule has 0 saturated heterocycles. The summed E-state index contributed by atoms with van der Waals surface area (Å²) in [7, 11) is 3.41. The van der Waals surface area contributed by atoms with Gasteiger partial charge in [-0.2, -0.15) is 0 Å². The van der Waals surface area contributed by atoms with Gasteiger partial charge in [-0.25, -0.2) is 0 Å². The minimum atomic E-state index is 0.421. The Balaban J connectivity index is 2.66. The Labute approximate surface area is 90.5 Å². The van der Waals surface area contributed by atoms with Gasteiger partial charge in [-0.15, -0.1) is 0 Å². The van der Waals surface area contributed by atoms with Gasteiger partial charge in [0.2, 0.25) is 0 Å². The largest absolute Gasteiger partial charge is 0.496 e. The molecule has 1 unspecified atom stereocenters. The topological polar surface area (TPSA) is 18.5 Å². The van der Waals surface area contributed by atoms with Crippen LogP contribution in [0, 0.1) is 0 Å². The molecule has 1 aliphatic rings. The van der Waals surface area contributed by atoms with Crippen molar-refractivity contribution in [2.45, 2.75) is 19.8 Å². The van der Waals surface area contributed by atoms with Crippen molar-refractivity contribution in [1.29, 1.82) is 0 Å². The normalized spacial score (nSPS) is 19.1. The highest BCUT2D eigenvalue weighted by molar-refractivity contribution is 5.77. The summed E-state index contributed by atoms with van der Waals surface area (Å²) in [6.45, 7) is 4.31.